The van der Waals surface area contributed by atoms with Gasteiger partial charge in [0.25, 0.3) is 0 Å². The maximum atomic E-state index is 11.5. The summed E-state index contributed by atoms with van der Waals surface area (Å²) < 4.78 is 0.776. The summed E-state index contributed by atoms with van der Waals surface area (Å²) in [4.78, 5) is 11.5. The van der Waals surface area contributed by atoms with Crippen LogP contribution in [0.15, 0.2) is 10.7 Å². The number of amides is 1. The summed E-state index contributed by atoms with van der Waals surface area (Å²) in [5.74, 6) is 1.14. The van der Waals surface area contributed by atoms with Gasteiger partial charge in [0, 0.05) is 6.42 Å². The van der Waals surface area contributed by atoms with Gasteiger partial charge in [-0.25, -0.2) is 0 Å². The van der Waals surface area contributed by atoms with Crippen LogP contribution in [0, 0.1) is 5.92 Å². The van der Waals surface area contributed by atoms with Crippen LogP contribution in [0.3, 0.4) is 0 Å². The summed E-state index contributed by atoms with van der Waals surface area (Å²) in [5.41, 5.74) is 0. The third-order valence-electron chi connectivity index (χ3n) is 2.20. The van der Waals surface area contributed by atoms with Crippen LogP contribution in [0.2, 0.25) is 0 Å². The van der Waals surface area contributed by atoms with Crippen LogP contribution in [0.1, 0.15) is 6.42 Å². The zero-order valence-corrected chi connectivity index (χ0v) is 9.10. The smallest absolute Gasteiger partial charge is 0.225 e. The fourth-order valence-corrected chi connectivity index (χ4v) is 1.59. The number of aromatic amines is 1. The van der Waals surface area contributed by atoms with E-state index in [0.717, 1.165) is 17.6 Å². The van der Waals surface area contributed by atoms with Gasteiger partial charge in [0.15, 0.2) is 0 Å². The number of anilines is 1. The van der Waals surface area contributed by atoms with Crippen molar-refractivity contribution in [2.75, 3.05) is 18.4 Å². The fraction of sp³-hybridized carbons (Fsp3) is 0.500. The highest BCUT2D eigenvalue weighted by atomic mass is 79.9. The number of hydrogen-bond donors (Lipinski definition) is 3. The lowest BCUT2D eigenvalue weighted by Crippen LogP contribution is -2.43. The molecule has 0 aromatic carbocycles. The highest BCUT2D eigenvalue weighted by Gasteiger charge is 2.20. The van der Waals surface area contributed by atoms with Gasteiger partial charge in [0.05, 0.1) is 10.7 Å². The van der Waals surface area contributed by atoms with E-state index in [1.54, 1.807) is 6.20 Å². The predicted molar refractivity (Wildman–Crippen MR) is 55.9 cm³/mol. The van der Waals surface area contributed by atoms with Gasteiger partial charge < -0.3 is 10.6 Å². The molecule has 1 aromatic rings. The van der Waals surface area contributed by atoms with E-state index in [1.807, 2.05) is 0 Å². The van der Waals surface area contributed by atoms with Gasteiger partial charge in [-0.05, 0) is 34.9 Å². The maximum absolute atomic E-state index is 11.5. The highest BCUT2D eigenvalue weighted by molar-refractivity contribution is 9.10. The lowest BCUT2D eigenvalue weighted by Gasteiger charge is -2.26. The summed E-state index contributed by atoms with van der Waals surface area (Å²) >= 11 is 3.27. The van der Waals surface area contributed by atoms with Crippen LogP contribution in [-0.4, -0.2) is 29.2 Å². The van der Waals surface area contributed by atoms with Crippen molar-refractivity contribution in [2.24, 2.45) is 5.92 Å². The van der Waals surface area contributed by atoms with Crippen molar-refractivity contribution in [3.63, 3.8) is 0 Å². The molecule has 2 heterocycles. The lowest BCUT2D eigenvalue weighted by molar-refractivity contribution is -0.117. The molecule has 3 N–H and O–H groups in total. The molecule has 2 rings (SSSR count). The second-order valence-electron chi connectivity index (χ2n) is 3.37. The molecule has 76 valence electrons. The zero-order valence-electron chi connectivity index (χ0n) is 7.51. The van der Waals surface area contributed by atoms with Crippen molar-refractivity contribution < 1.29 is 4.79 Å². The molecule has 0 saturated carbocycles. The fourth-order valence-electron chi connectivity index (χ4n) is 1.30. The summed E-state index contributed by atoms with van der Waals surface area (Å²) in [5, 5.41) is 12.4. The monoisotopic (exact) mass is 258 g/mol. The van der Waals surface area contributed by atoms with Crippen LogP contribution in [0.5, 0.6) is 0 Å². The molecule has 1 aliphatic rings. The minimum atomic E-state index is 0.0291. The lowest BCUT2D eigenvalue weighted by atomic mass is 9.99. The number of nitrogens with one attached hydrogen (secondary N) is 3. The Balaban J connectivity index is 1.84. The second kappa shape index (κ2) is 4.10. The average Bonchev–Trinajstić information content (AvgIpc) is 2.45. The third kappa shape index (κ3) is 2.13. The number of carbonyl (C=O) groups is 1. The Kier molecular flexibility index (Phi) is 2.83. The van der Waals surface area contributed by atoms with Crippen molar-refractivity contribution >= 4 is 27.7 Å². The quantitative estimate of drug-likeness (QED) is 0.749. The van der Waals surface area contributed by atoms with Gasteiger partial charge >= 0.3 is 0 Å². The first-order valence-electron chi connectivity index (χ1n) is 4.45. The van der Waals surface area contributed by atoms with E-state index in [-0.39, 0.29) is 5.91 Å². The number of aromatic nitrogens is 2. The van der Waals surface area contributed by atoms with Gasteiger partial charge in [-0.1, -0.05) is 0 Å². The first kappa shape index (κ1) is 9.67. The van der Waals surface area contributed by atoms with Crippen LogP contribution >= 0.6 is 15.9 Å². The molecule has 0 spiro atoms. The molecule has 0 aliphatic carbocycles. The first-order chi connectivity index (χ1) is 6.75. The number of H-pyrrole nitrogens is 1. The molecule has 14 heavy (non-hydrogen) atoms. The van der Waals surface area contributed by atoms with Gasteiger partial charge in [-0.3, -0.25) is 9.89 Å². The Bertz CT molecular complexity index is 334. The molecule has 1 fully saturated rings. The van der Waals surface area contributed by atoms with Crippen LogP contribution in [-0.2, 0) is 4.79 Å². The summed E-state index contributed by atoms with van der Waals surface area (Å²) in [6.45, 7) is 1.88. The number of halogens is 1. The minimum Gasteiger partial charge on any atom is -0.316 e. The Labute approximate surface area is 89.8 Å². The summed E-state index contributed by atoms with van der Waals surface area (Å²) in [6.07, 6.45) is 2.18. The topological polar surface area (TPSA) is 69.8 Å². The van der Waals surface area contributed by atoms with Gasteiger partial charge in [0.2, 0.25) is 5.91 Å². The normalized spacial score (nSPS) is 16.4. The number of hydrogen-bond acceptors (Lipinski definition) is 3. The van der Waals surface area contributed by atoms with Crippen LogP contribution < -0.4 is 10.6 Å². The standard InChI is InChI=1S/C8H11BrN4O/c9-6-4-11-13-8(6)12-7(14)1-5-2-10-3-5/h4-5,10H,1-3H2,(H2,11,12,13,14). The van der Waals surface area contributed by atoms with E-state index in [1.165, 1.54) is 0 Å². The van der Waals surface area contributed by atoms with Crippen molar-refractivity contribution in [2.45, 2.75) is 6.42 Å². The Hall–Kier alpha value is -0.880. The van der Waals surface area contributed by atoms with Gasteiger partial charge in [-0.2, -0.15) is 5.10 Å². The van der Waals surface area contributed by atoms with Gasteiger partial charge in [-0.15, -0.1) is 0 Å². The average molecular weight is 259 g/mol. The second-order valence-corrected chi connectivity index (χ2v) is 4.22. The molecule has 1 aromatic heterocycles. The zero-order chi connectivity index (χ0) is 9.97. The van der Waals surface area contributed by atoms with Crippen molar-refractivity contribution in [1.82, 2.24) is 15.5 Å². The van der Waals surface area contributed by atoms with E-state index < -0.39 is 0 Å². The summed E-state index contributed by atoms with van der Waals surface area (Å²) in [6, 6.07) is 0. The number of rotatable bonds is 3. The molecule has 6 heteroatoms. The van der Waals surface area contributed by atoms with E-state index in [9.17, 15) is 4.79 Å². The molecule has 0 unspecified atom stereocenters. The molecule has 0 bridgehead atoms. The maximum Gasteiger partial charge on any atom is 0.225 e. The predicted octanol–water partition coefficient (Wildman–Crippen LogP) is 0.720. The Morgan fingerprint density at radius 1 is 1.71 bits per heavy atom. The molecule has 0 atom stereocenters. The van der Waals surface area contributed by atoms with Crippen LogP contribution in [0.4, 0.5) is 5.82 Å². The van der Waals surface area contributed by atoms with Crippen molar-refractivity contribution in [3.05, 3.63) is 10.7 Å². The molecule has 5 nitrogen and oxygen atoms in total. The first-order valence-corrected chi connectivity index (χ1v) is 5.24. The minimum absolute atomic E-state index is 0.0291. The molecular formula is C8H11BrN4O. The van der Waals surface area contributed by atoms with Crippen molar-refractivity contribution in [3.8, 4) is 0 Å². The Morgan fingerprint density at radius 3 is 3.00 bits per heavy atom. The highest BCUT2D eigenvalue weighted by Crippen LogP contribution is 2.18. The van der Waals surface area contributed by atoms with Crippen LogP contribution in [0.25, 0.3) is 0 Å². The Morgan fingerprint density at radius 2 is 2.50 bits per heavy atom. The number of carbonyl (C=O) groups excluding carboxylic acids is 1. The van der Waals surface area contributed by atoms with E-state index in [0.29, 0.717) is 18.2 Å². The molecule has 1 saturated heterocycles. The van der Waals surface area contributed by atoms with E-state index >= 15 is 0 Å². The SMILES string of the molecule is O=C(CC1CNC1)Nc1[nH]ncc1Br. The van der Waals surface area contributed by atoms with Crippen molar-refractivity contribution in [1.29, 1.82) is 0 Å². The molecular weight excluding hydrogens is 248 g/mol. The molecule has 0 radical (unpaired) electrons. The van der Waals surface area contributed by atoms with E-state index in [2.05, 4.69) is 36.8 Å². The third-order valence-corrected chi connectivity index (χ3v) is 2.80. The van der Waals surface area contributed by atoms with Gasteiger partial charge in [0.1, 0.15) is 5.82 Å². The van der Waals surface area contributed by atoms with E-state index in [4.69, 9.17) is 0 Å². The summed E-state index contributed by atoms with van der Waals surface area (Å²) in [7, 11) is 0. The molecule has 1 amide bonds. The molecule has 1 aliphatic heterocycles. The number of nitrogens with zero attached hydrogens (tertiary/aromatic N) is 1. The largest absolute Gasteiger partial charge is 0.316 e.